The molecule has 1 N–H and O–H groups in total. The molecule has 1 aliphatic rings. The van der Waals surface area contributed by atoms with E-state index < -0.39 is 32.5 Å². The molecule has 4 rings (SSSR count). The average Bonchev–Trinajstić information content (AvgIpc) is 3.48. The van der Waals surface area contributed by atoms with Crippen molar-refractivity contribution in [2.45, 2.75) is 22.6 Å². The molecule has 0 unspecified atom stereocenters. The Bertz CT molecular complexity index is 1490. The lowest BCUT2D eigenvalue weighted by atomic mass is 10.2. The first-order chi connectivity index (χ1) is 18.2. The zero-order valence-corrected chi connectivity index (χ0v) is 22.7. The third kappa shape index (κ3) is 5.77. The van der Waals surface area contributed by atoms with Crippen LogP contribution in [0, 0.1) is 0 Å². The minimum atomic E-state index is -4.18. The molecule has 0 atom stereocenters. The number of sulfonamides is 2. The molecule has 1 amide bonds. The maximum Gasteiger partial charge on any atom is 0.264 e. The third-order valence-electron chi connectivity index (χ3n) is 6.11. The van der Waals surface area contributed by atoms with E-state index in [9.17, 15) is 21.6 Å². The minimum absolute atomic E-state index is 0.00542. The molecule has 0 bridgehead atoms. The van der Waals surface area contributed by atoms with Crippen LogP contribution in [-0.4, -0.2) is 60.9 Å². The molecule has 38 heavy (non-hydrogen) atoms. The van der Waals surface area contributed by atoms with E-state index in [4.69, 9.17) is 9.47 Å². The van der Waals surface area contributed by atoms with Crippen LogP contribution in [0.3, 0.4) is 0 Å². The Labute approximate surface area is 222 Å². The molecule has 1 heterocycles. The van der Waals surface area contributed by atoms with Gasteiger partial charge in [-0.1, -0.05) is 18.2 Å². The van der Waals surface area contributed by atoms with Crippen molar-refractivity contribution >= 4 is 37.3 Å². The van der Waals surface area contributed by atoms with Crippen LogP contribution < -0.4 is 19.1 Å². The van der Waals surface area contributed by atoms with Crippen molar-refractivity contribution in [1.82, 2.24) is 4.31 Å². The molecule has 0 aliphatic carbocycles. The highest BCUT2D eigenvalue weighted by atomic mass is 32.2. The number of hydrogen-bond acceptors (Lipinski definition) is 7. The van der Waals surface area contributed by atoms with Crippen LogP contribution in [0.1, 0.15) is 12.8 Å². The molecular weight excluding hydrogens is 530 g/mol. The number of ether oxygens (including phenoxy) is 2. The van der Waals surface area contributed by atoms with Gasteiger partial charge in [0.25, 0.3) is 10.0 Å². The van der Waals surface area contributed by atoms with E-state index in [1.54, 1.807) is 30.3 Å². The van der Waals surface area contributed by atoms with E-state index in [1.807, 2.05) is 0 Å². The summed E-state index contributed by atoms with van der Waals surface area (Å²) in [5.74, 6) is -0.0247. The molecule has 202 valence electrons. The largest absolute Gasteiger partial charge is 0.497 e. The van der Waals surface area contributed by atoms with Gasteiger partial charge in [-0.2, -0.15) is 4.31 Å². The number of rotatable bonds is 10. The zero-order valence-electron chi connectivity index (χ0n) is 21.0. The van der Waals surface area contributed by atoms with Crippen molar-refractivity contribution in [2.24, 2.45) is 0 Å². The fourth-order valence-corrected chi connectivity index (χ4v) is 7.09. The highest BCUT2D eigenvalue weighted by Crippen LogP contribution is 2.35. The van der Waals surface area contributed by atoms with E-state index in [-0.39, 0.29) is 21.2 Å². The minimum Gasteiger partial charge on any atom is -0.497 e. The van der Waals surface area contributed by atoms with Crippen molar-refractivity contribution in [3.8, 4) is 11.5 Å². The fraction of sp³-hybridized carbons (Fsp3) is 0.269. The Hall–Kier alpha value is -3.61. The van der Waals surface area contributed by atoms with Crippen LogP contribution >= 0.6 is 0 Å². The van der Waals surface area contributed by atoms with Crippen LogP contribution in [0.4, 0.5) is 11.4 Å². The van der Waals surface area contributed by atoms with Crippen molar-refractivity contribution in [3.63, 3.8) is 0 Å². The number of benzene rings is 3. The number of amides is 1. The zero-order chi connectivity index (χ0) is 27.3. The topological polar surface area (TPSA) is 122 Å². The lowest BCUT2D eigenvalue weighted by molar-refractivity contribution is -0.114. The number of carbonyl (C=O) groups is 1. The van der Waals surface area contributed by atoms with E-state index in [0.717, 1.165) is 17.1 Å². The molecular formula is C26H29N3O7S2. The van der Waals surface area contributed by atoms with Crippen molar-refractivity contribution in [1.29, 1.82) is 0 Å². The summed E-state index contributed by atoms with van der Waals surface area (Å²) in [6.07, 6.45) is 1.65. The monoisotopic (exact) mass is 559 g/mol. The van der Waals surface area contributed by atoms with Crippen molar-refractivity contribution in [2.75, 3.05) is 43.5 Å². The molecule has 12 heteroatoms. The summed E-state index contributed by atoms with van der Waals surface area (Å²) in [5.41, 5.74) is 0.447. The summed E-state index contributed by atoms with van der Waals surface area (Å²) < 4.78 is 65.9. The fourth-order valence-electron chi connectivity index (χ4n) is 4.13. The van der Waals surface area contributed by atoms with Crippen LogP contribution in [0.25, 0.3) is 0 Å². The van der Waals surface area contributed by atoms with Gasteiger partial charge >= 0.3 is 0 Å². The van der Waals surface area contributed by atoms with E-state index >= 15 is 0 Å². The summed E-state index contributed by atoms with van der Waals surface area (Å²) in [4.78, 5) is 13.2. The van der Waals surface area contributed by atoms with Crippen LogP contribution in [0.2, 0.25) is 0 Å². The Morgan fingerprint density at radius 2 is 1.53 bits per heavy atom. The molecule has 3 aromatic rings. The molecule has 0 spiro atoms. The number of nitrogens with zero attached hydrogens (tertiary/aromatic N) is 2. The highest BCUT2D eigenvalue weighted by molar-refractivity contribution is 7.93. The SMILES string of the molecule is COc1ccc(OC)c(N(CC(=O)Nc2ccc(S(=O)(=O)N3CCCC3)cc2)S(=O)(=O)c2ccccc2)c1. The lowest BCUT2D eigenvalue weighted by Gasteiger charge is -2.26. The standard InChI is InChI=1S/C26H29N3O7S2/c1-35-21-12-15-25(36-2)24(18-21)29(38(33,34)22-8-4-3-5-9-22)19-26(30)27-20-10-13-23(14-11-20)37(31,32)28-16-6-7-17-28/h3-5,8-15,18H,6-7,16-17,19H2,1-2H3,(H,27,30). The summed E-state index contributed by atoms with van der Waals surface area (Å²) in [5, 5.41) is 2.65. The first-order valence-corrected chi connectivity index (χ1v) is 14.7. The van der Waals surface area contributed by atoms with Gasteiger partial charge in [-0.25, -0.2) is 16.8 Å². The van der Waals surface area contributed by atoms with E-state index in [1.165, 1.54) is 61.0 Å². The Kier molecular flexibility index (Phi) is 8.24. The predicted octanol–water partition coefficient (Wildman–Crippen LogP) is 3.32. The van der Waals surface area contributed by atoms with Gasteiger partial charge < -0.3 is 14.8 Å². The number of methoxy groups -OCH3 is 2. The predicted molar refractivity (Wildman–Crippen MR) is 144 cm³/mol. The first kappa shape index (κ1) is 27.4. The maximum atomic E-state index is 13.6. The molecule has 1 saturated heterocycles. The van der Waals surface area contributed by atoms with Gasteiger partial charge in [-0.3, -0.25) is 9.10 Å². The summed E-state index contributed by atoms with van der Waals surface area (Å²) in [7, 11) is -4.93. The second kappa shape index (κ2) is 11.4. The van der Waals surface area contributed by atoms with E-state index in [0.29, 0.717) is 24.5 Å². The quantitative estimate of drug-likeness (QED) is 0.404. The number of anilines is 2. The van der Waals surface area contributed by atoms with Gasteiger partial charge in [0.05, 0.1) is 29.7 Å². The smallest absolute Gasteiger partial charge is 0.264 e. The van der Waals surface area contributed by atoms with Crippen molar-refractivity contribution < 1.29 is 31.1 Å². The highest BCUT2D eigenvalue weighted by Gasteiger charge is 2.30. The molecule has 0 radical (unpaired) electrons. The van der Waals surface area contributed by atoms with Crippen LogP contribution in [0.15, 0.2) is 82.6 Å². The third-order valence-corrected chi connectivity index (χ3v) is 9.80. The van der Waals surface area contributed by atoms with Gasteiger partial charge in [-0.05, 0) is 61.4 Å². The van der Waals surface area contributed by atoms with Gasteiger partial charge in [0.2, 0.25) is 15.9 Å². The Morgan fingerprint density at radius 1 is 0.868 bits per heavy atom. The molecule has 10 nitrogen and oxygen atoms in total. The maximum absolute atomic E-state index is 13.6. The number of carbonyl (C=O) groups excluding carboxylic acids is 1. The van der Waals surface area contributed by atoms with E-state index in [2.05, 4.69) is 5.32 Å². The second-order valence-corrected chi connectivity index (χ2v) is 12.3. The average molecular weight is 560 g/mol. The molecule has 0 saturated carbocycles. The van der Waals surface area contributed by atoms with Crippen molar-refractivity contribution in [3.05, 3.63) is 72.8 Å². The molecule has 0 aromatic heterocycles. The molecule has 1 aliphatic heterocycles. The number of nitrogens with one attached hydrogen (secondary N) is 1. The van der Waals surface area contributed by atoms with Gasteiger partial charge in [-0.15, -0.1) is 0 Å². The summed E-state index contributed by atoms with van der Waals surface area (Å²) in [6.45, 7) is 0.398. The molecule has 3 aromatic carbocycles. The molecule has 1 fully saturated rings. The number of hydrogen-bond donors (Lipinski definition) is 1. The second-order valence-electron chi connectivity index (χ2n) is 8.55. The van der Waals surface area contributed by atoms with Gasteiger partial charge in [0.1, 0.15) is 18.0 Å². The van der Waals surface area contributed by atoms with Crippen LogP contribution in [-0.2, 0) is 24.8 Å². The Morgan fingerprint density at radius 3 is 2.13 bits per heavy atom. The van der Waals surface area contributed by atoms with Gasteiger partial charge in [0.15, 0.2) is 0 Å². The van der Waals surface area contributed by atoms with Crippen LogP contribution in [0.5, 0.6) is 11.5 Å². The summed E-state index contributed by atoms with van der Waals surface area (Å²) in [6, 6.07) is 18.2. The normalized spacial score (nSPS) is 14.2. The van der Waals surface area contributed by atoms with Gasteiger partial charge in [0, 0.05) is 24.8 Å². The Balaban J connectivity index is 1.61. The first-order valence-electron chi connectivity index (χ1n) is 11.9. The summed E-state index contributed by atoms with van der Waals surface area (Å²) >= 11 is 0. The lowest BCUT2D eigenvalue weighted by Crippen LogP contribution is -2.38.